The van der Waals surface area contributed by atoms with Crippen LogP contribution in [0.3, 0.4) is 0 Å². The quantitative estimate of drug-likeness (QED) is 0.525. The van der Waals surface area contributed by atoms with Gasteiger partial charge in [0.1, 0.15) is 24.1 Å². The van der Waals surface area contributed by atoms with Crippen molar-refractivity contribution in [3.8, 4) is 0 Å². The number of aliphatic hydroxyl groups is 3. The molecule has 1 aromatic rings. The highest BCUT2D eigenvalue weighted by Gasteiger charge is 2.43. The number of aliphatic hydroxyl groups excluding tert-OH is 3. The second-order valence-electron chi connectivity index (χ2n) is 5.03. The molecule has 0 spiro atoms. The molecule has 9 nitrogen and oxygen atoms in total. The fraction of sp³-hybridized carbons (Fsp3) is 0.615. The number of carbonyl (C=O) groups is 1. The third kappa shape index (κ3) is 3.33. The largest absolute Gasteiger partial charge is 0.394 e. The molecule has 0 radical (unpaired) electrons. The first-order valence-electron chi connectivity index (χ1n) is 6.99. The number of hydrogen-bond donors (Lipinski definition) is 4. The molecule has 2 heterocycles. The summed E-state index contributed by atoms with van der Waals surface area (Å²) in [7, 11) is 0. The lowest BCUT2D eigenvalue weighted by atomic mass is 10.1. The molecular weight excluding hydrogens is 294 g/mol. The Bertz CT molecular complexity index is 589. The van der Waals surface area contributed by atoms with Crippen LogP contribution in [-0.4, -0.2) is 55.7 Å². The Hall–Kier alpha value is -1.81. The van der Waals surface area contributed by atoms with Gasteiger partial charge in [0.25, 0.3) is 0 Å². The Morgan fingerprint density at radius 3 is 2.73 bits per heavy atom. The van der Waals surface area contributed by atoms with E-state index in [4.69, 9.17) is 9.84 Å². The van der Waals surface area contributed by atoms with Gasteiger partial charge < -0.3 is 25.4 Å². The molecule has 4 atom stereocenters. The number of hydrogen-bond acceptors (Lipinski definition) is 7. The maximum atomic E-state index is 12.0. The molecular formula is C13H19N3O6. The van der Waals surface area contributed by atoms with Crippen molar-refractivity contribution in [3.63, 3.8) is 0 Å². The molecule has 0 aromatic carbocycles. The van der Waals surface area contributed by atoms with Crippen molar-refractivity contribution in [3.05, 3.63) is 22.7 Å². The van der Waals surface area contributed by atoms with Crippen molar-refractivity contribution in [1.82, 2.24) is 9.55 Å². The number of carbonyl (C=O) groups excluding carboxylic acids is 1. The van der Waals surface area contributed by atoms with E-state index in [1.54, 1.807) is 0 Å². The highest BCUT2D eigenvalue weighted by atomic mass is 16.6. The van der Waals surface area contributed by atoms with Crippen molar-refractivity contribution in [2.75, 3.05) is 11.9 Å². The van der Waals surface area contributed by atoms with Crippen molar-refractivity contribution < 1.29 is 24.9 Å². The second kappa shape index (κ2) is 6.97. The monoisotopic (exact) mass is 313 g/mol. The Morgan fingerprint density at radius 2 is 2.18 bits per heavy atom. The van der Waals surface area contributed by atoms with Crippen LogP contribution in [0.2, 0.25) is 0 Å². The molecule has 1 fully saturated rings. The van der Waals surface area contributed by atoms with Gasteiger partial charge in [-0.1, -0.05) is 6.92 Å². The van der Waals surface area contributed by atoms with E-state index in [1.165, 1.54) is 12.3 Å². The van der Waals surface area contributed by atoms with Crippen LogP contribution in [0.5, 0.6) is 0 Å². The van der Waals surface area contributed by atoms with E-state index in [2.05, 4.69) is 10.3 Å². The predicted octanol–water partition coefficient (Wildman–Crippen LogP) is -1.41. The molecule has 0 aliphatic carbocycles. The number of ether oxygens (including phenoxy) is 1. The van der Waals surface area contributed by atoms with Gasteiger partial charge in [0.2, 0.25) is 5.91 Å². The molecule has 2 unspecified atom stereocenters. The van der Waals surface area contributed by atoms with Gasteiger partial charge in [0, 0.05) is 12.6 Å². The average Bonchev–Trinajstić information content (AvgIpc) is 2.75. The normalized spacial score (nSPS) is 27.8. The van der Waals surface area contributed by atoms with Crippen LogP contribution in [0.15, 0.2) is 17.1 Å². The maximum absolute atomic E-state index is 12.0. The van der Waals surface area contributed by atoms with Crippen LogP contribution in [0.4, 0.5) is 5.82 Å². The molecule has 4 N–H and O–H groups in total. The van der Waals surface area contributed by atoms with Gasteiger partial charge in [-0.15, -0.1) is 0 Å². The first-order chi connectivity index (χ1) is 10.5. The Kier molecular flexibility index (Phi) is 5.24. The summed E-state index contributed by atoms with van der Waals surface area (Å²) in [6.07, 6.45) is -2.49. The van der Waals surface area contributed by atoms with Crippen LogP contribution in [0, 0.1) is 0 Å². The van der Waals surface area contributed by atoms with E-state index in [0.29, 0.717) is 12.8 Å². The lowest BCUT2D eigenvalue weighted by molar-refractivity contribution is -0.116. The molecule has 2 rings (SSSR count). The zero-order chi connectivity index (χ0) is 16.3. The van der Waals surface area contributed by atoms with Crippen molar-refractivity contribution in [2.24, 2.45) is 0 Å². The van der Waals surface area contributed by atoms with Crippen LogP contribution >= 0.6 is 0 Å². The average molecular weight is 313 g/mol. The minimum atomic E-state index is -1.36. The first-order valence-corrected chi connectivity index (χ1v) is 6.99. The zero-order valence-electron chi connectivity index (χ0n) is 12.0. The number of anilines is 1. The standard InChI is InChI=1S/C13H19N3O6/c1-2-3-9(18)14-8-4-5-16(13(21)15-8)12-11(20)10(19)7(6-17)22-12/h4-5,7,10-12,17,19-20H,2-3,6H2,1H3,(H,14,15,18,21)/t7-,10?,11?,12-/m1/s1. The summed E-state index contributed by atoms with van der Waals surface area (Å²) in [5.41, 5.74) is -0.746. The highest BCUT2D eigenvalue weighted by molar-refractivity contribution is 5.89. The zero-order valence-corrected chi connectivity index (χ0v) is 12.0. The van der Waals surface area contributed by atoms with Gasteiger partial charge >= 0.3 is 5.69 Å². The van der Waals surface area contributed by atoms with Gasteiger partial charge in [-0.3, -0.25) is 9.36 Å². The Balaban J connectivity index is 2.17. The molecule has 1 aliphatic heterocycles. The molecule has 1 saturated heterocycles. The maximum Gasteiger partial charge on any atom is 0.351 e. The Labute approximate surface area is 126 Å². The van der Waals surface area contributed by atoms with E-state index < -0.39 is 36.8 Å². The van der Waals surface area contributed by atoms with Crippen LogP contribution in [0.1, 0.15) is 26.0 Å². The van der Waals surface area contributed by atoms with Crippen LogP contribution in [0.25, 0.3) is 0 Å². The summed E-state index contributed by atoms with van der Waals surface area (Å²) in [5.74, 6) is -0.147. The van der Waals surface area contributed by atoms with Gasteiger partial charge in [-0.2, -0.15) is 4.98 Å². The van der Waals surface area contributed by atoms with Crippen molar-refractivity contribution in [2.45, 2.75) is 44.3 Å². The van der Waals surface area contributed by atoms with E-state index in [9.17, 15) is 19.8 Å². The summed E-state index contributed by atoms with van der Waals surface area (Å²) in [4.78, 5) is 27.1. The predicted molar refractivity (Wildman–Crippen MR) is 75.0 cm³/mol. The number of rotatable bonds is 5. The topological polar surface area (TPSA) is 134 Å². The molecule has 0 bridgehead atoms. The molecule has 122 valence electrons. The van der Waals surface area contributed by atoms with Crippen LogP contribution < -0.4 is 11.0 Å². The number of amides is 1. The van der Waals surface area contributed by atoms with Crippen molar-refractivity contribution >= 4 is 11.7 Å². The highest BCUT2D eigenvalue weighted by Crippen LogP contribution is 2.28. The minimum Gasteiger partial charge on any atom is -0.394 e. The summed E-state index contributed by atoms with van der Waals surface area (Å²) >= 11 is 0. The van der Waals surface area contributed by atoms with Crippen molar-refractivity contribution in [1.29, 1.82) is 0 Å². The smallest absolute Gasteiger partial charge is 0.351 e. The number of nitrogens with one attached hydrogen (secondary N) is 1. The molecule has 1 aliphatic rings. The SMILES string of the molecule is CCCC(=O)Nc1ccn([C@@H]2O[C@H](CO)C(O)C2O)c(=O)n1. The fourth-order valence-electron chi connectivity index (χ4n) is 2.22. The summed E-state index contributed by atoms with van der Waals surface area (Å²) < 4.78 is 6.25. The van der Waals surface area contributed by atoms with Gasteiger partial charge in [-0.25, -0.2) is 4.79 Å². The first kappa shape index (κ1) is 16.6. The summed E-state index contributed by atoms with van der Waals surface area (Å²) in [6.45, 7) is 1.37. The fourth-order valence-corrected chi connectivity index (χ4v) is 2.22. The molecule has 22 heavy (non-hydrogen) atoms. The van der Waals surface area contributed by atoms with E-state index in [0.717, 1.165) is 4.57 Å². The lowest BCUT2D eigenvalue weighted by Crippen LogP contribution is -2.36. The minimum absolute atomic E-state index is 0.103. The summed E-state index contributed by atoms with van der Waals surface area (Å²) in [5, 5.41) is 31.1. The number of nitrogens with zero attached hydrogens (tertiary/aromatic N) is 2. The second-order valence-corrected chi connectivity index (χ2v) is 5.03. The van der Waals surface area contributed by atoms with Gasteiger partial charge in [-0.05, 0) is 12.5 Å². The van der Waals surface area contributed by atoms with E-state index in [1.807, 2.05) is 6.92 Å². The van der Waals surface area contributed by atoms with Gasteiger partial charge in [0.05, 0.1) is 6.61 Å². The third-order valence-electron chi connectivity index (χ3n) is 3.37. The van der Waals surface area contributed by atoms with E-state index >= 15 is 0 Å². The lowest BCUT2D eigenvalue weighted by Gasteiger charge is -2.17. The molecule has 0 saturated carbocycles. The molecule has 1 amide bonds. The molecule has 1 aromatic heterocycles. The Morgan fingerprint density at radius 1 is 1.45 bits per heavy atom. The van der Waals surface area contributed by atoms with Gasteiger partial charge in [0.15, 0.2) is 6.23 Å². The summed E-state index contributed by atoms with van der Waals surface area (Å²) in [6, 6.07) is 1.39. The number of aromatic nitrogens is 2. The molecule has 9 heteroatoms. The third-order valence-corrected chi connectivity index (χ3v) is 3.37. The van der Waals surface area contributed by atoms with E-state index in [-0.39, 0.29) is 11.7 Å². The van der Waals surface area contributed by atoms with Crippen LogP contribution in [-0.2, 0) is 9.53 Å².